The monoisotopic (exact) mass is 241 g/mol. The van der Waals surface area contributed by atoms with Crippen molar-refractivity contribution in [2.75, 3.05) is 20.6 Å². The molecule has 2 atom stereocenters. The molecule has 0 aromatic heterocycles. The molecule has 2 unspecified atom stereocenters. The Morgan fingerprint density at radius 3 is 2.47 bits per heavy atom. The third kappa shape index (κ3) is 7.13. The molecular weight excluding hydrogens is 214 g/mol. The van der Waals surface area contributed by atoms with Crippen LogP contribution in [0.1, 0.15) is 26.7 Å². The molecule has 0 aromatic rings. The molecule has 17 heavy (non-hydrogen) atoms. The number of likely N-dealkylation sites (N-methyl/N-ethyl adjacent to an activating group) is 1. The van der Waals surface area contributed by atoms with Crippen LogP contribution < -0.4 is 11.1 Å². The summed E-state index contributed by atoms with van der Waals surface area (Å²) in [4.78, 5) is 13.8. The highest BCUT2D eigenvalue weighted by Gasteiger charge is 2.16. The molecule has 0 aliphatic rings. The summed E-state index contributed by atoms with van der Waals surface area (Å²) in [5.74, 6) is 0.515. The van der Waals surface area contributed by atoms with Gasteiger partial charge in [-0.15, -0.1) is 6.58 Å². The molecule has 0 saturated heterocycles. The van der Waals surface area contributed by atoms with Crippen LogP contribution in [0.2, 0.25) is 0 Å². The molecule has 0 bridgehead atoms. The molecule has 0 aliphatic heterocycles. The SMILES string of the molecule is C=CCC(N)C(=O)NCC(CC(C)C)N(C)C. The molecular formula is C13H27N3O. The summed E-state index contributed by atoms with van der Waals surface area (Å²) < 4.78 is 0. The van der Waals surface area contributed by atoms with Crippen molar-refractivity contribution in [2.45, 2.75) is 38.8 Å². The van der Waals surface area contributed by atoms with Crippen molar-refractivity contribution in [1.82, 2.24) is 10.2 Å². The Hall–Kier alpha value is -0.870. The summed E-state index contributed by atoms with van der Waals surface area (Å²) in [5.41, 5.74) is 5.69. The lowest BCUT2D eigenvalue weighted by Crippen LogP contribution is -2.46. The van der Waals surface area contributed by atoms with Crippen molar-refractivity contribution in [1.29, 1.82) is 0 Å². The maximum absolute atomic E-state index is 11.6. The van der Waals surface area contributed by atoms with E-state index in [1.54, 1.807) is 6.08 Å². The van der Waals surface area contributed by atoms with Crippen LogP contribution in [0.4, 0.5) is 0 Å². The molecule has 0 fully saturated rings. The van der Waals surface area contributed by atoms with Gasteiger partial charge in [0.2, 0.25) is 5.91 Å². The number of amides is 1. The lowest BCUT2D eigenvalue weighted by molar-refractivity contribution is -0.122. The smallest absolute Gasteiger partial charge is 0.237 e. The summed E-state index contributed by atoms with van der Waals surface area (Å²) in [7, 11) is 4.06. The van der Waals surface area contributed by atoms with E-state index in [9.17, 15) is 4.79 Å². The minimum Gasteiger partial charge on any atom is -0.353 e. The number of nitrogens with one attached hydrogen (secondary N) is 1. The van der Waals surface area contributed by atoms with Crippen molar-refractivity contribution >= 4 is 5.91 Å². The molecule has 100 valence electrons. The Morgan fingerprint density at radius 1 is 1.47 bits per heavy atom. The van der Waals surface area contributed by atoms with E-state index in [1.807, 2.05) is 14.1 Å². The van der Waals surface area contributed by atoms with Crippen LogP contribution in [0.25, 0.3) is 0 Å². The molecule has 0 rings (SSSR count). The first-order valence-electron chi connectivity index (χ1n) is 6.19. The van der Waals surface area contributed by atoms with Crippen molar-refractivity contribution in [3.63, 3.8) is 0 Å². The van der Waals surface area contributed by atoms with Gasteiger partial charge in [0.15, 0.2) is 0 Å². The van der Waals surface area contributed by atoms with Gasteiger partial charge in [0.25, 0.3) is 0 Å². The maximum atomic E-state index is 11.6. The number of nitrogens with two attached hydrogens (primary N) is 1. The van der Waals surface area contributed by atoms with E-state index in [0.717, 1.165) is 6.42 Å². The van der Waals surface area contributed by atoms with E-state index < -0.39 is 6.04 Å². The third-order valence-corrected chi connectivity index (χ3v) is 2.74. The Balaban J connectivity index is 4.12. The molecule has 3 N–H and O–H groups in total. The number of carbonyl (C=O) groups is 1. The lowest BCUT2D eigenvalue weighted by atomic mass is 10.0. The molecule has 4 nitrogen and oxygen atoms in total. The van der Waals surface area contributed by atoms with Gasteiger partial charge in [0.05, 0.1) is 6.04 Å². The van der Waals surface area contributed by atoms with Crippen molar-refractivity contribution in [3.05, 3.63) is 12.7 Å². The van der Waals surface area contributed by atoms with Crippen LogP contribution in [0.5, 0.6) is 0 Å². The summed E-state index contributed by atoms with van der Waals surface area (Å²) in [6.45, 7) is 8.59. The second-order valence-electron chi connectivity index (χ2n) is 5.12. The zero-order valence-corrected chi connectivity index (χ0v) is 11.6. The first-order chi connectivity index (χ1) is 7.88. The van der Waals surface area contributed by atoms with Crippen molar-refractivity contribution in [2.24, 2.45) is 11.7 Å². The van der Waals surface area contributed by atoms with Crippen LogP contribution in [0.3, 0.4) is 0 Å². The highest BCUT2D eigenvalue weighted by molar-refractivity contribution is 5.81. The Labute approximate surface area is 105 Å². The van der Waals surface area contributed by atoms with Gasteiger partial charge in [-0.3, -0.25) is 4.79 Å². The number of hydrogen-bond donors (Lipinski definition) is 2. The molecule has 0 aliphatic carbocycles. The summed E-state index contributed by atoms with van der Waals surface area (Å²) >= 11 is 0. The molecule has 0 spiro atoms. The summed E-state index contributed by atoms with van der Waals surface area (Å²) in [6, 6.07) is -0.121. The standard InChI is InChI=1S/C13H27N3O/c1-6-7-12(14)13(17)15-9-11(16(4)5)8-10(2)3/h6,10-12H,1,7-9,14H2,2-5H3,(H,15,17). The number of nitrogens with zero attached hydrogens (tertiary/aromatic N) is 1. The number of carbonyl (C=O) groups excluding carboxylic acids is 1. The first kappa shape index (κ1) is 16.1. The van der Waals surface area contributed by atoms with Crippen molar-refractivity contribution < 1.29 is 4.79 Å². The summed E-state index contributed by atoms with van der Waals surface area (Å²) in [5, 5.41) is 2.90. The average molecular weight is 241 g/mol. The van der Waals surface area contributed by atoms with Crippen LogP contribution in [-0.2, 0) is 4.79 Å². The molecule has 1 amide bonds. The van der Waals surface area contributed by atoms with E-state index in [1.165, 1.54) is 0 Å². The van der Waals surface area contributed by atoms with E-state index in [0.29, 0.717) is 24.9 Å². The van der Waals surface area contributed by atoms with Gasteiger partial charge in [0, 0.05) is 12.6 Å². The minimum atomic E-state index is -0.477. The largest absolute Gasteiger partial charge is 0.353 e. The van der Waals surface area contributed by atoms with Gasteiger partial charge >= 0.3 is 0 Å². The van der Waals surface area contributed by atoms with Crippen LogP contribution in [-0.4, -0.2) is 43.5 Å². The van der Waals surface area contributed by atoms with Gasteiger partial charge in [-0.25, -0.2) is 0 Å². The van der Waals surface area contributed by atoms with Gasteiger partial charge in [-0.2, -0.15) is 0 Å². The van der Waals surface area contributed by atoms with Gasteiger partial charge in [-0.1, -0.05) is 19.9 Å². The fourth-order valence-corrected chi connectivity index (χ4v) is 1.66. The van der Waals surface area contributed by atoms with E-state index in [-0.39, 0.29) is 5.91 Å². The van der Waals surface area contributed by atoms with E-state index in [4.69, 9.17) is 5.73 Å². The predicted octanol–water partition coefficient (Wildman–Crippen LogP) is 0.982. The molecule has 0 heterocycles. The number of hydrogen-bond acceptors (Lipinski definition) is 3. The Morgan fingerprint density at radius 2 is 2.06 bits per heavy atom. The molecule has 0 aromatic carbocycles. The number of rotatable bonds is 8. The van der Waals surface area contributed by atoms with E-state index >= 15 is 0 Å². The second kappa shape index (κ2) is 8.25. The fraction of sp³-hybridized carbons (Fsp3) is 0.769. The Kier molecular flexibility index (Phi) is 7.83. The van der Waals surface area contributed by atoms with E-state index in [2.05, 4.69) is 30.6 Å². The van der Waals surface area contributed by atoms with Crippen LogP contribution >= 0.6 is 0 Å². The van der Waals surface area contributed by atoms with Crippen molar-refractivity contribution in [3.8, 4) is 0 Å². The Bertz CT molecular complexity index is 239. The minimum absolute atomic E-state index is 0.0968. The second-order valence-corrected chi connectivity index (χ2v) is 5.12. The topological polar surface area (TPSA) is 58.4 Å². The fourth-order valence-electron chi connectivity index (χ4n) is 1.66. The average Bonchev–Trinajstić information content (AvgIpc) is 2.23. The lowest BCUT2D eigenvalue weighted by Gasteiger charge is -2.26. The van der Waals surface area contributed by atoms with Gasteiger partial charge < -0.3 is 16.0 Å². The highest BCUT2D eigenvalue weighted by atomic mass is 16.2. The summed E-state index contributed by atoms with van der Waals surface area (Å²) in [6.07, 6.45) is 3.24. The van der Waals surface area contributed by atoms with Gasteiger partial charge in [0.1, 0.15) is 0 Å². The predicted molar refractivity (Wildman–Crippen MR) is 72.7 cm³/mol. The molecule has 4 heteroatoms. The zero-order valence-electron chi connectivity index (χ0n) is 11.6. The molecule has 0 radical (unpaired) electrons. The van der Waals surface area contributed by atoms with Gasteiger partial charge in [-0.05, 0) is 32.9 Å². The van der Waals surface area contributed by atoms with Crippen LogP contribution in [0.15, 0.2) is 12.7 Å². The first-order valence-corrected chi connectivity index (χ1v) is 6.19. The zero-order chi connectivity index (χ0) is 13.4. The van der Waals surface area contributed by atoms with Crippen LogP contribution in [0, 0.1) is 5.92 Å². The quantitative estimate of drug-likeness (QED) is 0.623. The highest BCUT2D eigenvalue weighted by Crippen LogP contribution is 2.08. The maximum Gasteiger partial charge on any atom is 0.237 e. The third-order valence-electron chi connectivity index (χ3n) is 2.74. The normalized spacial score (nSPS) is 14.8. The molecule has 0 saturated carbocycles.